The summed E-state index contributed by atoms with van der Waals surface area (Å²) in [5.74, 6) is 1.83. The number of carbonyl (C=O) groups excluding carboxylic acids is 1. The average Bonchev–Trinajstić information content (AvgIpc) is 3.09. The summed E-state index contributed by atoms with van der Waals surface area (Å²) in [6.45, 7) is 4.21. The minimum atomic E-state index is 0.348. The van der Waals surface area contributed by atoms with Gasteiger partial charge in [-0.05, 0) is 50.6 Å². The molecule has 5 fully saturated rings. The van der Waals surface area contributed by atoms with Gasteiger partial charge in [0, 0.05) is 12.6 Å². The third kappa shape index (κ3) is 2.00. The molecule has 4 saturated heterocycles. The zero-order valence-corrected chi connectivity index (χ0v) is 11.7. The highest BCUT2D eigenvalue weighted by Crippen LogP contribution is 2.37. The van der Waals surface area contributed by atoms with Gasteiger partial charge in [-0.1, -0.05) is 12.8 Å². The second-order valence-corrected chi connectivity index (χ2v) is 6.88. The average molecular weight is 263 g/mol. The normalized spacial score (nSPS) is 43.4. The molecule has 4 aliphatic heterocycles. The first-order valence-corrected chi connectivity index (χ1v) is 8.10. The lowest BCUT2D eigenvalue weighted by molar-refractivity contribution is -0.136. The Kier molecular flexibility index (Phi) is 3.03. The van der Waals surface area contributed by atoms with Crippen molar-refractivity contribution >= 4 is 5.91 Å². The first-order chi connectivity index (χ1) is 9.33. The number of fused-ring (bicyclic) bond motifs is 3. The van der Waals surface area contributed by atoms with Crippen LogP contribution in [0.2, 0.25) is 0 Å². The van der Waals surface area contributed by atoms with Crippen molar-refractivity contribution in [2.45, 2.75) is 50.7 Å². The molecule has 1 aliphatic carbocycles. The van der Waals surface area contributed by atoms with Gasteiger partial charge in [-0.2, -0.15) is 0 Å². The molecule has 2 bridgehead atoms. The lowest BCUT2D eigenvalue weighted by atomic mass is 9.82. The van der Waals surface area contributed by atoms with E-state index in [1.54, 1.807) is 0 Å². The number of nitrogens with zero attached hydrogens (tertiary/aromatic N) is 2. The molecule has 2 atom stereocenters. The van der Waals surface area contributed by atoms with E-state index in [4.69, 9.17) is 0 Å². The molecule has 1 saturated carbocycles. The minimum Gasteiger partial charge on any atom is -0.321 e. The summed E-state index contributed by atoms with van der Waals surface area (Å²) in [4.78, 5) is 17.2. The van der Waals surface area contributed by atoms with Gasteiger partial charge in [0.25, 0.3) is 0 Å². The molecule has 0 radical (unpaired) electrons. The fourth-order valence-electron chi connectivity index (χ4n) is 4.84. The van der Waals surface area contributed by atoms with Crippen molar-refractivity contribution in [3.63, 3.8) is 0 Å². The maximum Gasteiger partial charge on any atom is 0.238 e. The van der Waals surface area contributed by atoms with Gasteiger partial charge in [-0.15, -0.1) is 0 Å². The standard InChI is InChI=1S/C15H25N3O/c19-14-9-16-15(12-3-1-2-4-12)18(14)13-10-17-7-5-11(13)6-8-17/h11-13,15-16H,1-10H2. The number of nitrogens with one attached hydrogen (secondary N) is 1. The first-order valence-electron chi connectivity index (χ1n) is 8.10. The van der Waals surface area contributed by atoms with E-state index in [1.807, 2.05) is 0 Å². The second-order valence-electron chi connectivity index (χ2n) is 6.88. The SMILES string of the molecule is O=C1CNC(C2CCCC2)N1C1CN2CCC1CC2. The highest BCUT2D eigenvalue weighted by atomic mass is 16.2. The molecule has 0 aromatic heterocycles. The van der Waals surface area contributed by atoms with Crippen LogP contribution in [0.15, 0.2) is 0 Å². The van der Waals surface area contributed by atoms with Gasteiger partial charge in [0.1, 0.15) is 0 Å². The first kappa shape index (κ1) is 12.2. The lowest BCUT2D eigenvalue weighted by Gasteiger charge is -2.50. The molecule has 19 heavy (non-hydrogen) atoms. The van der Waals surface area contributed by atoms with Gasteiger partial charge >= 0.3 is 0 Å². The molecule has 4 nitrogen and oxygen atoms in total. The Bertz CT molecular complexity index is 358. The molecule has 4 heterocycles. The zero-order chi connectivity index (χ0) is 12.8. The van der Waals surface area contributed by atoms with E-state index in [2.05, 4.69) is 15.1 Å². The second kappa shape index (κ2) is 4.74. The maximum absolute atomic E-state index is 12.4. The van der Waals surface area contributed by atoms with Gasteiger partial charge < -0.3 is 9.80 Å². The summed E-state index contributed by atoms with van der Waals surface area (Å²) in [5, 5.41) is 3.51. The van der Waals surface area contributed by atoms with E-state index in [9.17, 15) is 4.79 Å². The van der Waals surface area contributed by atoms with Crippen LogP contribution in [0.25, 0.3) is 0 Å². The van der Waals surface area contributed by atoms with Crippen LogP contribution < -0.4 is 5.32 Å². The Hall–Kier alpha value is -0.610. The summed E-state index contributed by atoms with van der Waals surface area (Å²) < 4.78 is 0. The van der Waals surface area contributed by atoms with Gasteiger partial charge in [0.15, 0.2) is 0 Å². The van der Waals surface area contributed by atoms with Gasteiger partial charge in [-0.25, -0.2) is 0 Å². The Morgan fingerprint density at radius 1 is 1.00 bits per heavy atom. The van der Waals surface area contributed by atoms with Crippen molar-refractivity contribution in [2.75, 3.05) is 26.2 Å². The smallest absolute Gasteiger partial charge is 0.238 e. The Morgan fingerprint density at radius 3 is 2.37 bits per heavy atom. The number of hydrogen-bond donors (Lipinski definition) is 1. The van der Waals surface area contributed by atoms with E-state index in [0.717, 1.165) is 12.5 Å². The van der Waals surface area contributed by atoms with Crippen molar-refractivity contribution in [1.82, 2.24) is 15.1 Å². The summed E-state index contributed by atoms with van der Waals surface area (Å²) in [7, 11) is 0. The van der Waals surface area contributed by atoms with Crippen molar-refractivity contribution < 1.29 is 4.79 Å². The third-order valence-electron chi connectivity index (χ3n) is 5.88. The molecule has 0 aromatic carbocycles. The van der Waals surface area contributed by atoms with E-state index in [0.29, 0.717) is 30.6 Å². The van der Waals surface area contributed by atoms with Crippen LogP contribution in [-0.4, -0.2) is 54.1 Å². The monoisotopic (exact) mass is 263 g/mol. The summed E-state index contributed by atoms with van der Waals surface area (Å²) in [6, 6.07) is 0.496. The molecule has 1 amide bonds. The quantitative estimate of drug-likeness (QED) is 0.808. The summed E-state index contributed by atoms with van der Waals surface area (Å²) in [5.41, 5.74) is 0. The minimum absolute atomic E-state index is 0.348. The molecular weight excluding hydrogens is 238 g/mol. The van der Waals surface area contributed by atoms with E-state index in [-0.39, 0.29) is 0 Å². The predicted octanol–water partition coefficient (Wildman–Crippen LogP) is 1.03. The summed E-state index contributed by atoms with van der Waals surface area (Å²) in [6.07, 6.45) is 8.26. The molecule has 0 aromatic rings. The van der Waals surface area contributed by atoms with Crippen LogP contribution >= 0.6 is 0 Å². The molecular formula is C15H25N3O. The fraction of sp³-hybridized carbons (Fsp3) is 0.933. The van der Waals surface area contributed by atoms with Gasteiger partial charge in [0.2, 0.25) is 5.91 Å². The van der Waals surface area contributed by atoms with Crippen LogP contribution in [0.5, 0.6) is 0 Å². The van der Waals surface area contributed by atoms with Crippen LogP contribution in [0.4, 0.5) is 0 Å². The number of piperidine rings is 3. The van der Waals surface area contributed by atoms with Crippen LogP contribution in [0, 0.1) is 11.8 Å². The van der Waals surface area contributed by atoms with E-state index < -0.39 is 0 Å². The number of carbonyl (C=O) groups is 1. The molecule has 5 rings (SSSR count). The molecule has 106 valence electrons. The molecule has 4 heteroatoms. The summed E-state index contributed by atoms with van der Waals surface area (Å²) >= 11 is 0. The van der Waals surface area contributed by atoms with Gasteiger partial charge in [-0.3, -0.25) is 10.1 Å². The van der Waals surface area contributed by atoms with Crippen molar-refractivity contribution in [3.8, 4) is 0 Å². The van der Waals surface area contributed by atoms with Crippen molar-refractivity contribution in [2.24, 2.45) is 11.8 Å². The van der Waals surface area contributed by atoms with Crippen molar-refractivity contribution in [1.29, 1.82) is 0 Å². The third-order valence-corrected chi connectivity index (χ3v) is 5.88. The maximum atomic E-state index is 12.4. The highest BCUT2D eigenvalue weighted by molar-refractivity contribution is 5.81. The number of rotatable bonds is 2. The lowest BCUT2D eigenvalue weighted by Crippen LogP contribution is -2.61. The number of amides is 1. The predicted molar refractivity (Wildman–Crippen MR) is 73.5 cm³/mol. The van der Waals surface area contributed by atoms with Crippen LogP contribution in [-0.2, 0) is 4.79 Å². The van der Waals surface area contributed by atoms with Crippen LogP contribution in [0.3, 0.4) is 0 Å². The van der Waals surface area contributed by atoms with E-state index in [1.165, 1.54) is 51.6 Å². The highest BCUT2D eigenvalue weighted by Gasteiger charge is 2.46. The fourth-order valence-corrected chi connectivity index (χ4v) is 4.84. The van der Waals surface area contributed by atoms with Crippen LogP contribution in [0.1, 0.15) is 38.5 Å². The molecule has 1 N–H and O–H groups in total. The van der Waals surface area contributed by atoms with Crippen molar-refractivity contribution in [3.05, 3.63) is 0 Å². The molecule has 2 unspecified atom stereocenters. The largest absolute Gasteiger partial charge is 0.321 e. The zero-order valence-electron chi connectivity index (χ0n) is 11.7. The Morgan fingerprint density at radius 2 is 1.74 bits per heavy atom. The van der Waals surface area contributed by atoms with Gasteiger partial charge in [0.05, 0.1) is 12.7 Å². The molecule has 0 spiro atoms. The topological polar surface area (TPSA) is 35.6 Å². The Balaban J connectivity index is 1.55. The molecule has 5 aliphatic rings. The van der Waals surface area contributed by atoms with E-state index >= 15 is 0 Å². The Labute approximate surface area is 115 Å². The number of hydrogen-bond acceptors (Lipinski definition) is 3.